The highest BCUT2D eigenvalue weighted by atomic mass is 16.5. The zero-order valence-electron chi connectivity index (χ0n) is 19.2. The highest BCUT2D eigenvalue weighted by molar-refractivity contribution is 6.26. The van der Waals surface area contributed by atoms with Crippen LogP contribution in [-0.4, -0.2) is 77.9 Å². The van der Waals surface area contributed by atoms with Crippen LogP contribution in [0.5, 0.6) is 11.5 Å². The van der Waals surface area contributed by atoms with Gasteiger partial charge in [0.05, 0.1) is 51.4 Å². The molecule has 10 heteroatoms. The molecule has 4 N–H and O–H groups in total. The van der Waals surface area contributed by atoms with Gasteiger partial charge in [-0.2, -0.15) is 10.1 Å². The molecule has 182 valence electrons. The standard InChI is InChI=1S/C25H25N3O7/c1-34-16-7-6-15(21(10-16)35-2)11-26-28-23(32)18-5-3-4-17-20(27-25(12-29,13-30)14-31)9-8-19(22(17)18)24(28)33/h3-11,27,29-31H,12-14H2,1-2H3/b26-11+. The van der Waals surface area contributed by atoms with E-state index in [2.05, 4.69) is 10.4 Å². The van der Waals surface area contributed by atoms with Crippen LogP contribution in [0.1, 0.15) is 26.3 Å². The van der Waals surface area contributed by atoms with Crippen molar-refractivity contribution in [2.24, 2.45) is 5.10 Å². The first kappa shape index (κ1) is 24.1. The van der Waals surface area contributed by atoms with Gasteiger partial charge in [0, 0.05) is 28.1 Å². The average molecular weight is 479 g/mol. The molecule has 0 spiro atoms. The molecule has 2 amide bonds. The Morgan fingerprint density at radius 2 is 1.63 bits per heavy atom. The molecular weight excluding hydrogens is 454 g/mol. The number of aliphatic hydroxyl groups is 3. The van der Waals surface area contributed by atoms with Crippen LogP contribution in [0.2, 0.25) is 0 Å². The number of carbonyl (C=O) groups is 2. The minimum Gasteiger partial charge on any atom is -0.497 e. The number of hydrogen-bond acceptors (Lipinski definition) is 9. The Balaban J connectivity index is 1.74. The number of amides is 2. The smallest absolute Gasteiger partial charge is 0.282 e. The number of carbonyl (C=O) groups excluding carboxylic acids is 2. The maximum Gasteiger partial charge on any atom is 0.282 e. The number of aliphatic hydroxyl groups excluding tert-OH is 3. The number of rotatable bonds is 9. The summed E-state index contributed by atoms with van der Waals surface area (Å²) in [7, 11) is 3.02. The monoisotopic (exact) mass is 479 g/mol. The van der Waals surface area contributed by atoms with Crippen molar-refractivity contribution in [3.05, 3.63) is 65.2 Å². The zero-order valence-corrected chi connectivity index (χ0v) is 19.2. The maximum atomic E-state index is 13.3. The van der Waals surface area contributed by atoms with E-state index >= 15 is 0 Å². The zero-order chi connectivity index (χ0) is 25.2. The molecule has 1 heterocycles. The van der Waals surface area contributed by atoms with Gasteiger partial charge in [0.1, 0.15) is 17.0 Å². The normalized spacial score (nSPS) is 13.6. The second kappa shape index (κ2) is 9.71. The Morgan fingerprint density at radius 1 is 0.943 bits per heavy atom. The Bertz CT molecular complexity index is 1290. The molecule has 0 unspecified atom stereocenters. The Hall–Kier alpha value is -3.99. The summed E-state index contributed by atoms with van der Waals surface area (Å²) in [5.74, 6) is -0.163. The number of hydrazone groups is 1. The molecule has 0 saturated carbocycles. The summed E-state index contributed by atoms with van der Waals surface area (Å²) in [5, 5.41) is 37.9. The number of hydrogen-bond donors (Lipinski definition) is 4. The quantitative estimate of drug-likeness (QED) is 0.268. The predicted molar refractivity (Wildman–Crippen MR) is 129 cm³/mol. The van der Waals surface area contributed by atoms with Crippen LogP contribution >= 0.6 is 0 Å². The van der Waals surface area contributed by atoms with E-state index < -0.39 is 37.2 Å². The number of nitrogens with one attached hydrogen (secondary N) is 1. The molecule has 0 radical (unpaired) electrons. The van der Waals surface area contributed by atoms with Gasteiger partial charge in [-0.25, -0.2) is 0 Å². The lowest BCUT2D eigenvalue weighted by Gasteiger charge is -2.31. The summed E-state index contributed by atoms with van der Waals surface area (Å²) >= 11 is 0. The lowest BCUT2D eigenvalue weighted by Crippen LogP contribution is -2.49. The van der Waals surface area contributed by atoms with E-state index in [1.807, 2.05) is 0 Å². The van der Waals surface area contributed by atoms with Crippen LogP contribution in [-0.2, 0) is 0 Å². The Kier molecular flexibility index (Phi) is 6.70. The van der Waals surface area contributed by atoms with Gasteiger partial charge in [0.2, 0.25) is 0 Å². The molecule has 1 aliphatic heterocycles. The fraction of sp³-hybridized carbons (Fsp3) is 0.240. The summed E-state index contributed by atoms with van der Waals surface area (Å²) in [5.41, 5.74) is 0.148. The number of anilines is 1. The second-order valence-corrected chi connectivity index (χ2v) is 8.04. The number of methoxy groups -OCH3 is 2. The van der Waals surface area contributed by atoms with E-state index in [1.54, 1.807) is 42.5 Å². The molecule has 3 aromatic rings. The van der Waals surface area contributed by atoms with E-state index in [0.29, 0.717) is 33.5 Å². The molecule has 0 fully saturated rings. The highest BCUT2D eigenvalue weighted by Crippen LogP contribution is 2.35. The molecule has 3 aromatic carbocycles. The molecule has 10 nitrogen and oxygen atoms in total. The summed E-state index contributed by atoms with van der Waals surface area (Å²) in [6.45, 7) is -1.59. The molecule has 0 aromatic heterocycles. The van der Waals surface area contributed by atoms with Crippen molar-refractivity contribution in [3.63, 3.8) is 0 Å². The number of benzene rings is 3. The second-order valence-electron chi connectivity index (χ2n) is 8.04. The van der Waals surface area contributed by atoms with Crippen molar-refractivity contribution in [2.75, 3.05) is 39.4 Å². The van der Waals surface area contributed by atoms with Gasteiger partial charge in [0.15, 0.2) is 0 Å². The van der Waals surface area contributed by atoms with Crippen molar-refractivity contribution in [1.82, 2.24) is 5.01 Å². The third-order valence-corrected chi connectivity index (χ3v) is 5.95. The SMILES string of the molecule is COc1ccc(/C=N/N2C(=O)c3cccc4c(NC(CO)(CO)CO)ccc(c34)C2=O)c(OC)c1. The Morgan fingerprint density at radius 3 is 2.26 bits per heavy atom. The van der Waals surface area contributed by atoms with Gasteiger partial charge in [0.25, 0.3) is 11.8 Å². The van der Waals surface area contributed by atoms with E-state index in [0.717, 1.165) is 5.01 Å². The van der Waals surface area contributed by atoms with E-state index in [4.69, 9.17) is 9.47 Å². The van der Waals surface area contributed by atoms with E-state index in [1.165, 1.54) is 26.5 Å². The average Bonchev–Trinajstić information content (AvgIpc) is 2.90. The van der Waals surface area contributed by atoms with Crippen LogP contribution < -0.4 is 14.8 Å². The van der Waals surface area contributed by atoms with Gasteiger partial charge in [-0.05, 0) is 30.3 Å². The molecule has 0 saturated heterocycles. The molecule has 35 heavy (non-hydrogen) atoms. The first-order chi connectivity index (χ1) is 16.9. The fourth-order valence-electron chi connectivity index (χ4n) is 3.90. The van der Waals surface area contributed by atoms with Crippen LogP contribution in [0, 0.1) is 0 Å². The summed E-state index contributed by atoms with van der Waals surface area (Å²) in [4.78, 5) is 26.5. The third-order valence-electron chi connectivity index (χ3n) is 5.95. The van der Waals surface area contributed by atoms with Crippen molar-refractivity contribution in [2.45, 2.75) is 5.54 Å². The molecular formula is C25H25N3O7. The summed E-state index contributed by atoms with van der Waals surface area (Å²) in [6.07, 6.45) is 1.37. The summed E-state index contributed by atoms with van der Waals surface area (Å²) in [6, 6.07) is 13.2. The molecule has 0 aliphatic carbocycles. The highest BCUT2D eigenvalue weighted by Gasteiger charge is 2.35. The number of nitrogens with zero attached hydrogens (tertiary/aromatic N) is 2. The van der Waals surface area contributed by atoms with Crippen molar-refractivity contribution >= 4 is 34.5 Å². The third kappa shape index (κ3) is 4.18. The van der Waals surface area contributed by atoms with E-state index in [9.17, 15) is 24.9 Å². The van der Waals surface area contributed by atoms with Gasteiger partial charge in [-0.15, -0.1) is 0 Å². The lowest BCUT2D eigenvalue weighted by atomic mass is 9.92. The first-order valence-electron chi connectivity index (χ1n) is 10.7. The van der Waals surface area contributed by atoms with Gasteiger partial charge >= 0.3 is 0 Å². The largest absolute Gasteiger partial charge is 0.497 e. The minimum atomic E-state index is -1.38. The van der Waals surface area contributed by atoms with Crippen LogP contribution in [0.3, 0.4) is 0 Å². The summed E-state index contributed by atoms with van der Waals surface area (Å²) < 4.78 is 10.5. The molecule has 0 bridgehead atoms. The van der Waals surface area contributed by atoms with Gasteiger partial charge in [-0.3, -0.25) is 9.59 Å². The van der Waals surface area contributed by atoms with Crippen molar-refractivity contribution in [1.29, 1.82) is 0 Å². The molecule has 4 rings (SSSR count). The predicted octanol–water partition coefficient (Wildman–Crippen LogP) is 1.61. The number of ether oxygens (including phenoxy) is 2. The first-order valence-corrected chi connectivity index (χ1v) is 10.7. The Labute approximate surface area is 201 Å². The van der Waals surface area contributed by atoms with Crippen molar-refractivity contribution in [3.8, 4) is 11.5 Å². The topological polar surface area (TPSA) is 141 Å². The van der Waals surface area contributed by atoms with Crippen LogP contribution in [0.4, 0.5) is 5.69 Å². The molecule has 1 aliphatic rings. The molecule has 0 atom stereocenters. The van der Waals surface area contributed by atoms with E-state index in [-0.39, 0.29) is 11.1 Å². The van der Waals surface area contributed by atoms with Crippen LogP contribution in [0.15, 0.2) is 53.6 Å². The fourth-order valence-corrected chi connectivity index (χ4v) is 3.90. The van der Waals surface area contributed by atoms with Gasteiger partial charge in [-0.1, -0.05) is 12.1 Å². The maximum absolute atomic E-state index is 13.3. The number of imide groups is 1. The lowest BCUT2D eigenvalue weighted by molar-refractivity contribution is 0.0616. The van der Waals surface area contributed by atoms with Gasteiger partial charge < -0.3 is 30.1 Å². The van der Waals surface area contributed by atoms with Crippen LogP contribution in [0.25, 0.3) is 10.8 Å². The minimum absolute atomic E-state index is 0.266. The van der Waals surface area contributed by atoms with Crippen molar-refractivity contribution < 1.29 is 34.4 Å².